The highest BCUT2D eigenvalue weighted by atomic mass is 19.4. The number of imidazole rings is 1. The van der Waals surface area contributed by atoms with Gasteiger partial charge >= 0.3 is 12.1 Å². The Morgan fingerprint density at radius 1 is 1.09 bits per heavy atom. The van der Waals surface area contributed by atoms with Crippen LogP contribution >= 0.6 is 0 Å². The van der Waals surface area contributed by atoms with Gasteiger partial charge in [0.1, 0.15) is 0 Å². The number of aromatic amines is 1. The maximum Gasteiger partial charge on any atom is 0.490 e. The van der Waals surface area contributed by atoms with Crippen molar-refractivity contribution < 1.29 is 23.1 Å². The molecule has 4 aromatic rings. The molecule has 0 amide bonds. The van der Waals surface area contributed by atoms with Crippen LogP contribution in [0.25, 0.3) is 22.2 Å². The van der Waals surface area contributed by atoms with E-state index in [-0.39, 0.29) is 0 Å². The Labute approximate surface area is 194 Å². The fourth-order valence-electron chi connectivity index (χ4n) is 4.17. The Balaban J connectivity index is 0.000000344. The maximum absolute atomic E-state index is 10.6. The molecule has 0 radical (unpaired) electrons. The Bertz CT molecular complexity index is 1270. The van der Waals surface area contributed by atoms with Gasteiger partial charge in [0, 0.05) is 12.6 Å². The summed E-state index contributed by atoms with van der Waals surface area (Å²) < 4.78 is 31.7. The van der Waals surface area contributed by atoms with Gasteiger partial charge in [-0.1, -0.05) is 48.5 Å². The second-order valence-electron chi connectivity index (χ2n) is 8.34. The van der Waals surface area contributed by atoms with E-state index in [4.69, 9.17) is 9.90 Å². The molecule has 1 aromatic heterocycles. The van der Waals surface area contributed by atoms with E-state index in [1.807, 2.05) is 0 Å². The lowest BCUT2D eigenvalue weighted by Crippen LogP contribution is -2.28. The van der Waals surface area contributed by atoms with Gasteiger partial charge in [-0.05, 0) is 65.3 Å². The van der Waals surface area contributed by atoms with Crippen LogP contribution in [0.3, 0.4) is 0 Å². The van der Waals surface area contributed by atoms with Crippen LogP contribution in [0, 0.1) is 6.92 Å². The number of aliphatic carboxylic acids is 1. The Morgan fingerprint density at radius 3 is 2.29 bits per heavy atom. The molecule has 8 heteroatoms. The summed E-state index contributed by atoms with van der Waals surface area (Å²) in [5.41, 5.74) is 10.2. The zero-order chi connectivity index (χ0) is 24.3. The van der Waals surface area contributed by atoms with Crippen LogP contribution in [0.1, 0.15) is 22.3 Å². The quantitative estimate of drug-likeness (QED) is 0.374. The van der Waals surface area contributed by atoms with Crippen molar-refractivity contribution in [1.82, 2.24) is 15.3 Å². The van der Waals surface area contributed by atoms with Crippen LogP contribution in [-0.4, -0.2) is 33.3 Å². The molecule has 1 aliphatic carbocycles. The monoisotopic (exact) mass is 467 g/mol. The van der Waals surface area contributed by atoms with Gasteiger partial charge in [0.05, 0.1) is 17.4 Å². The number of halogens is 3. The SMILES string of the molecule is Cc1cc2nc[nH]c2cc1-c1ccc(CNC2Cc3ccccc3C2)cc1.O=C(O)C(F)(F)F. The largest absolute Gasteiger partial charge is 0.490 e. The van der Waals surface area contributed by atoms with Crippen molar-refractivity contribution in [2.75, 3.05) is 0 Å². The first kappa shape index (κ1) is 23.5. The van der Waals surface area contributed by atoms with Crippen molar-refractivity contribution >= 4 is 17.0 Å². The molecule has 5 rings (SSSR count). The number of carboxylic acids is 1. The highest BCUT2D eigenvalue weighted by Gasteiger charge is 2.38. The Kier molecular flexibility index (Phi) is 6.70. The first-order valence-corrected chi connectivity index (χ1v) is 10.8. The van der Waals surface area contributed by atoms with E-state index in [0.29, 0.717) is 6.04 Å². The van der Waals surface area contributed by atoms with E-state index in [1.165, 1.54) is 33.4 Å². The summed E-state index contributed by atoms with van der Waals surface area (Å²) in [6, 6.07) is 22.6. The third-order valence-electron chi connectivity index (χ3n) is 5.92. The van der Waals surface area contributed by atoms with Gasteiger partial charge in [-0.25, -0.2) is 9.78 Å². The van der Waals surface area contributed by atoms with E-state index >= 15 is 0 Å². The molecule has 1 heterocycles. The average molecular weight is 467 g/mol. The van der Waals surface area contributed by atoms with Crippen molar-refractivity contribution in [2.24, 2.45) is 0 Å². The lowest BCUT2D eigenvalue weighted by molar-refractivity contribution is -0.192. The van der Waals surface area contributed by atoms with E-state index in [2.05, 4.69) is 82.9 Å². The first-order valence-electron chi connectivity index (χ1n) is 10.8. The number of carbonyl (C=O) groups is 1. The second kappa shape index (κ2) is 9.69. The topological polar surface area (TPSA) is 78.0 Å². The molecule has 0 spiro atoms. The molecule has 5 nitrogen and oxygen atoms in total. The summed E-state index contributed by atoms with van der Waals surface area (Å²) in [6.07, 6.45) is -1.06. The number of fused-ring (bicyclic) bond motifs is 2. The van der Waals surface area contributed by atoms with Crippen molar-refractivity contribution in [3.05, 3.63) is 89.2 Å². The fourth-order valence-corrected chi connectivity index (χ4v) is 4.17. The molecule has 1 aliphatic rings. The predicted molar refractivity (Wildman–Crippen MR) is 124 cm³/mol. The molecule has 3 N–H and O–H groups in total. The minimum atomic E-state index is -5.08. The molecule has 0 saturated heterocycles. The van der Waals surface area contributed by atoms with E-state index in [9.17, 15) is 13.2 Å². The summed E-state index contributed by atoms with van der Waals surface area (Å²) in [5, 5.41) is 10.8. The molecule has 0 fully saturated rings. The van der Waals surface area contributed by atoms with Crippen LogP contribution < -0.4 is 5.32 Å². The van der Waals surface area contributed by atoms with Crippen molar-refractivity contribution in [3.63, 3.8) is 0 Å². The third-order valence-corrected chi connectivity index (χ3v) is 5.92. The number of aromatic nitrogens is 2. The summed E-state index contributed by atoms with van der Waals surface area (Å²) >= 11 is 0. The summed E-state index contributed by atoms with van der Waals surface area (Å²) in [6.45, 7) is 3.06. The maximum atomic E-state index is 10.6. The van der Waals surface area contributed by atoms with Crippen LogP contribution in [-0.2, 0) is 24.2 Å². The molecule has 3 aromatic carbocycles. The number of hydrogen-bond donors (Lipinski definition) is 3. The lowest BCUT2D eigenvalue weighted by Gasteiger charge is -2.13. The molecule has 0 aliphatic heterocycles. The number of H-pyrrole nitrogens is 1. The number of aryl methyl sites for hydroxylation is 1. The number of alkyl halides is 3. The smallest absolute Gasteiger partial charge is 0.475 e. The highest BCUT2D eigenvalue weighted by molar-refractivity contribution is 5.83. The summed E-state index contributed by atoms with van der Waals surface area (Å²) in [4.78, 5) is 16.4. The van der Waals surface area contributed by atoms with Crippen molar-refractivity contribution in [3.8, 4) is 11.1 Å². The van der Waals surface area contributed by atoms with Crippen molar-refractivity contribution in [1.29, 1.82) is 0 Å². The van der Waals surface area contributed by atoms with Gasteiger partial charge in [-0.2, -0.15) is 13.2 Å². The number of hydrogen-bond acceptors (Lipinski definition) is 3. The number of rotatable bonds is 4. The lowest BCUT2D eigenvalue weighted by atomic mass is 9.98. The van der Waals surface area contributed by atoms with Crippen LogP contribution in [0.15, 0.2) is 67.0 Å². The zero-order valence-corrected chi connectivity index (χ0v) is 18.5. The van der Waals surface area contributed by atoms with E-state index in [1.54, 1.807) is 6.33 Å². The Morgan fingerprint density at radius 2 is 1.71 bits per heavy atom. The Hall–Kier alpha value is -3.65. The molecule has 0 atom stereocenters. The standard InChI is InChI=1S/C24H23N3.C2HF3O2/c1-16-10-23-24(27-15-26-23)13-22(16)18-8-6-17(7-9-18)14-25-21-11-19-4-2-3-5-20(19)12-21;3-2(4,5)1(6)7/h2-10,13,15,21,25H,11-12,14H2,1H3,(H,26,27);(H,6,7). The molecule has 0 saturated carbocycles. The number of nitrogens with one attached hydrogen (secondary N) is 2. The number of carboxylic acid groups (broad SMARTS) is 1. The van der Waals surface area contributed by atoms with Gasteiger partial charge in [-0.15, -0.1) is 0 Å². The van der Waals surface area contributed by atoms with E-state index in [0.717, 1.165) is 30.4 Å². The number of benzene rings is 3. The summed E-state index contributed by atoms with van der Waals surface area (Å²) in [7, 11) is 0. The fraction of sp³-hybridized carbons (Fsp3) is 0.231. The normalized spacial score (nSPS) is 13.4. The molecular formula is C26H24F3N3O2. The van der Waals surface area contributed by atoms with Gasteiger partial charge in [0.25, 0.3) is 0 Å². The van der Waals surface area contributed by atoms with Crippen LogP contribution in [0.5, 0.6) is 0 Å². The van der Waals surface area contributed by atoms with Crippen LogP contribution in [0.4, 0.5) is 13.2 Å². The molecular weight excluding hydrogens is 443 g/mol. The molecule has 176 valence electrons. The average Bonchev–Trinajstić information content (AvgIpc) is 3.43. The van der Waals surface area contributed by atoms with Gasteiger partial charge < -0.3 is 15.4 Å². The predicted octanol–water partition coefficient (Wildman–Crippen LogP) is 5.43. The van der Waals surface area contributed by atoms with Crippen molar-refractivity contribution in [2.45, 2.75) is 38.5 Å². The third kappa shape index (κ3) is 5.46. The van der Waals surface area contributed by atoms with Crippen LogP contribution in [0.2, 0.25) is 0 Å². The number of nitrogens with zero attached hydrogens (tertiary/aromatic N) is 1. The first-order chi connectivity index (χ1) is 16.2. The zero-order valence-electron chi connectivity index (χ0n) is 18.5. The van der Waals surface area contributed by atoms with Gasteiger partial charge in [0.2, 0.25) is 0 Å². The minimum absolute atomic E-state index is 0.548. The van der Waals surface area contributed by atoms with Gasteiger partial charge in [-0.3, -0.25) is 0 Å². The minimum Gasteiger partial charge on any atom is -0.475 e. The highest BCUT2D eigenvalue weighted by Crippen LogP contribution is 2.27. The molecule has 0 bridgehead atoms. The molecule has 0 unspecified atom stereocenters. The molecule has 34 heavy (non-hydrogen) atoms. The second-order valence-corrected chi connectivity index (χ2v) is 8.34. The van der Waals surface area contributed by atoms with Gasteiger partial charge in [0.15, 0.2) is 0 Å². The van der Waals surface area contributed by atoms with E-state index < -0.39 is 12.1 Å². The summed E-state index contributed by atoms with van der Waals surface area (Å²) in [5.74, 6) is -2.76.